The molecule has 0 saturated carbocycles. The lowest BCUT2D eigenvalue weighted by atomic mass is 10.1. The van der Waals surface area contributed by atoms with Gasteiger partial charge >= 0.3 is 5.76 Å². The van der Waals surface area contributed by atoms with Crippen molar-refractivity contribution in [2.75, 3.05) is 0 Å². The normalized spacial score (nSPS) is 11.1. The van der Waals surface area contributed by atoms with E-state index in [1.165, 1.54) is 17.4 Å². The van der Waals surface area contributed by atoms with Gasteiger partial charge in [0.05, 0.1) is 10.6 Å². The number of aryl methyl sites for hydroxylation is 1. The van der Waals surface area contributed by atoms with E-state index < -0.39 is 5.76 Å². The summed E-state index contributed by atoms with van der Waals surface area (Å²) in [5.41, 5.74) is 2.10. The average Bonchev–Trinajstić information content (AvgIpc) is 3.37. The summed E-state index contributed by atoms with van der Waals surface area (Å²) in [5.74, 6) is -1.19. The van der Waals surface area contributed by atoms with Crippen molar-refractivity contribution in [3.63, 3.8) is 0 Å². The van der Waals surface area contributed by atoms with E-state index >= 15 is 0 Å². The van der Waals surface area contributed by atoms with Gasteiger partial charge in [-0.2, -0.15) is 4.68 Å². The lowest BCUT2D eigenvalue weighted by molar-refractivity contribution is 0.0964. The Balaban J connectivity index is 1.66. The monoisotopic (exact) mass is 397 g/mol. The zero-order valence-corrected chi connectivity index (χ0v) is 16.0. The van der Waals surface area contributed by atoms with Gasteiger partial charge in [-0.15, -0.1) is 16.4 Å². The molecule has 0 N–H and O–H groups in total. The number of hydrogen-bond acceptors (Lipinski definition) is 5. The minimum absolute atomic E-state index is 0.185. The standard InChI is InChI=1S/C20H16FN3O3S/c1-12-10-14(13(2)24(12)16-7-4-3-6-15(16)21)17(25)11-23-20(26)27-19(22-23)18-8-5-9-28-18/h3-10H,11H2,1-2H3. The first-order valence-electron chi connectivity index (χ1n) is 8.54. The van der Waals surface area contributed by atoms with Gasteiger partial charge in [0.2, 0.25) is 0 Å². The highest BCUT2D eigenvalue weighted by molar-refractivity contribution is 7.13. The molecule has 0 unspecified atom stereocenters. The van der Waals surface area contributed by atoms with Crippen molar-refractivity contribution in [3.8, 4) is 16.5 Å². The first-order valence-corrected chi connectivity index (χ1v) is 9.42. The molecule has 0 radical (unpaired) electrons. The molecule has 0 fully saturated rings. The van der Waals surface area contributed by atoms with Crippen LogP contribution in [0.15, 0.2) is 57.1 Å². The molecule has 0 saturated heterocycles. The summed E-state index contributed by atoms with van der Waals surface area (Å²) in [4.78, 5) is 25.6. The maximum Gasteiger partial charge on any atom is 0.437 e. The number of carbonyl (C=O) groups excluding carboxylic acids is 1. The van der Waals surface area contributed by atoms with Gasteiger partial charge in [0.1, 0.15) is 12.4 Å². The van der Waals surface area contributed by atoms with Crippen LogP contribution in [0.1, 0.15) is 21.7 Å². The Kier molecular flexibility index (Phi) is 4.56. The van der Waals surface area contributed by atoms with Crippen molar-refractivity contribution in [1.82, 2.24) is 14.3 Å². The van der Waals surface area contributed by atoms with Crippen molar-refractivity contribution >= 4 is 17.1 Å². The fraction of sp³-hybridized carbons (Fsp3) is 0.150. The Morgan fingerprint density at radius 3 is 2.71 bits per heavy atom. The minimum Gasteiger partial charge on any atom is -0.387 e. The van der Waals surface area contributed by atoms with E-state index in [1.54, 1.807) is 48.7 Å². The molecule has 0 aliphatic rings. The van der Waals surface area contributed by atoms with Crippen molar-refractivity contribution in [3.05, 3.63) is 81.2 Å². The first kappa shape index (κ1) is 18.1. The molecule has 28 heavy (non-hydrogen) atoms. The molecule has 1 aromatic carbocycles. The zero-order valence-electron chi connectivity index (χ0n) is 15.2. The molecule has 0 bridgehead atoms. The molecular weight excluding hydrogens is 381 g/mol. The van der Waals surface area contributed by atoms with Gasteiger partial charge < -0.3 is 8.98 Å². The summed E-state index contributed by atoms with van der Waals surface area (Å²) >= 11 is 1.39. The summed E-state index contributed by atoms with van der Waals surface area (Å²) in [7, 11) is 0. The fourth-order valence-electron chi connectivity index (χ4n) is 3.18. The number of benzene rings is 1. The van der Waals surface area contributed by atoms with E-state index in [0.717, 1.165) is 10.4 Å². The van der Waals surface area contributed by atoms with Crippen LogP contribution >= 0.6 is 11.3 Å². The van der Waals surface area contributed by atoms with E-state index in [2.05, 4.69) is 5.10 Å². The molecule has 6 nitrogen and oxygen atoms in total. The van der Waals surface area contributed by atoms with Crippen LogP contribution in [0.2, 0.25) is 0 Å². The van der Waals surface area contributed by atoms with Crippen molar-refractivity contribution in [2.24, 2.45) is 0 Å². The Morgan fingerprint density at radius 2 is 2.00 bits per heavy atom. The van der Waals surface area contributed by atoms with Crippen LogP contribution in [0, 0.1) is 19.7 Å². The summed E-state index contributed by atoms with van der Waals surface area (Å²) in [6.07, 6.45) is 0. The number of rotatable bonds is 5. The second-order valence-electron chi connectivity index (χ2n) is 6.30. The number of hydrogen-bond donors (Lipinski definition) is 0. The zero-order chi connectivity index (χ0) is 19.8. The molecular formula is C20H16FN3O3S. The van der Waals surface area contributed by atoms with Gasteiger partial charge in [0, 0.05) is 17.0 Å². The van der Waals surface area contributed by atoms with E-state index in [9.17, 15) is 14.0 Å². The highest BCUT2D eigenvalue weighted by Crippen LogP contribution is 2.24. The summed E-state index contributed by atoms with van der Waals surface area (Å²) in [6.45, 7) is 3.29. The highest BCUT2D eigenvalue weighted by Gasteiger charge is 2.20. The second kappa shape index (κ2) is 7.05. The van der Waals surface area contributed by atoms with Crippen LogP contribution in [0.3, 0.4) is 0 Å². The SMILES string of the molecule is Cc1cc(C(=O)Cn2nc(-c3cccs3)oc2=O)c(C)n1-c1ccccc1F. The van der Waals surface area contributed by atoms with Gasteiger partial charge in [-0.25, -0.2) is 9.18 Å². The van der Waals surface area contributed by atoms with Gasteiger partial charge in [0.15, 0.2) is 5.78 Å². The Morgan fingerprint density at radius 1 is 1.21 bits per heavy atom. The number of para-hydroxylation sites is 1. The summed E-state index contributed by atoms with van der Waals surface area (Å²) in [5, 5.41) is 5.95. The van der Waals surface area contributed by atoms with Crippen LogP contribution < -0.4 is 5.76 Å². The number of ketones is 1. The van der Waals surface area contributed by atoms with Crippen molar-refractivity contribution < 1.29 is 13.6 Å². The quantitative estimate of drug-likeness (QED) is 0.478. The molecule has 0 aliphatic heterocycles. The number of Topliss-reactive ketones (excluding diaryl/α,β-unsaturated/α-hetero) is 1. The van der Waals surface area contributed by atoms with Gasteiger partial charge in [-0.3, -0.25) is 4.79 Å². The maximum absolute atomic E-state index is 14.2. The third-order valence-corrected chi connectivity index (χ3v) is 5.31. The Labute approximate surface area is 163 Å². The number of carbonyl (C=O) groups is 1. The topological polar surface area (TPSA) is 70.0 Å². The molecule has 8 heteroatoms. The summed E-state index contributed by atoms with van der Waals surface area (Å²) in [6, 6.07) is 11.7. The molecule has 4 rings (SSSR count). The molecule has 0 spiro atoms. The predicted octanol–water partition coefficient (Wildman–Crippen LogP) is 3.99. The lowest BCUT2D eigenvalue weighted by Gasteiger charge is -2.10. The third kappa shape index (κ3) is 3.11. The van der Waals surface area contributed by atoms with E-state index in [-0.39, 0.29) is 24.0 Å². The number of thiophene rings is 1. The summed E-state index contributed by atoms with van der Waals surface area (Å²) < 4.78 is 22.0. The predicted molar refractivity (Wildman–Crippen MR) is 104 cm³/mol. The smallest absolute Gasteiger partial charge is 0.387 e. The van der Waals surface area contributed by atoms with E-state index in [1.807, 2.05) is 11.4 Å². The van der Waals surface area contributed by atoms with Crippen LogP contribution in [0.5, 0.6) is 0 Å². The molecule has 0 amide bonds. The molecule has 0 atom stereocenters. The van der Waals surface area contributed by atoms with Crippen LogP contribution in [0.25, 0.3) is 16.5 Å². The largest absolute Gasteiger partial charge is 0.437 e. The number of halogens is 1. The van der Waals surface area contributed by atoms with Gasteiger partial charge in [-0.1, -0.05) is 18.2 Å². The van der Waals surface area contributed by atoms with E-state index in [4.69, 9.17) is 4.42 Å². The molecule has 3 heterocycles. The number of nitrogens with zero attached hydrogens (tertiary/aromatic N) is 3. The van der Waals surface area contributed by atoms with Crippen molar-refractivity contribution in [2.45, 2.75) is 20.4 Å². The Bertz CT molecular complexity index is 1220. The second-order valence-corrected chi connectivity index (χ2v) is 7.25. The Hall–Kier alpha value is -3.26. The molecule has 142 valence electrons. The van der Waals surface area contributed by atoms with Crippen LogP contribution in [-0.2, 0) is 6.54 Å². The minimum atomic E-state index is -0.695. The lowest BCUT2D eigenvalue weighted by Crippen LogP contribution is -2.22. The molecule has 0 aliphatic carbocycles. The van der Waals surface area contributed by atoms with Crippen LogP contribution in [0.4, 0.5) is 4.39 Å². The van der Waals surface area contributed by atoms with Gasteiger partial charge in [0.25, 0.3) is 5.89 Å². The van der Waals surface area contributed by atoms with Crippen molar-refractivity contribution in [1.29, 1.82) is 0 Å². The highest BCUT2D eigenvalue weighted by atomic mass is 32.1. The molecule has 4 aromatic rings. The van der Waals surface area contributed by atoms with Crippen LogP contribution in [-0.4, -0.2) is 20.1 Å². The first-order chi connectivity index (χ1) is 13.5. The average molecular weight is 397 g/mol. The maximum atomic E-state index is 14.2. The third-order valence-electron chi connectivity index (χ3n) is 4.46. The molecule has 3 aromatic heterocycles. The van der Waals surface area contributed by atoms with Gasteiger partial charge in [-0.05, 0) is 43.5 Å². The fourth-order valence-corrected chi connectivity index (χ4v) is 3.82. The number of aromatic nitrogens is 3. The van der Waals surface area contributed by atoms with E-state index in [0.29, 0.717) is 21.8 Å².